The number of nitrogens with zero attached hydrogens (tertiary/aromatic N) is 2. The minimum atomic E-state index is -4.02. The molecule has 10 heteroatoms. The van der Waals surface area contributed by atoms with Gasteiger partial charge in [-0.05, 0) is 91.6 Å². The zero-order valence-corrected chi connectivity index (χ0v) is 25.0. The van der Waals surface area contributed by atoms with Gasteiger partial charge in [0.25, 0.3) is 21.8 Å². The fourth-order valence-electron chi connectivity index (χ4n) is 4.38. The van der Waals surface area contributed by atoms with E-state index in [1.165, 1.54) is 18.3 Å². The number of hydrogen-bond donors (Lipinski definition) is 2. The van der Waals surface area contributed by atoms with Gasteiger partial charge in [-0.3, -0.25) is 13.9 Å². The van der Waals surface area contributed by atoms with Gasteiger partial charge in [-0.1, -0.05) is 54.6 Å². The molecule has 0 saturated heterocycles. The summed E-state index contributed by atoms with van der Waals surface area (Å²) in [6, 6.07) is 29.7. The minimum absolute atomic E-state index is 0.0796. The Morgan fingerprint density at radius 2 is 1.47 bits per heavy atom. The van der Waals surface area contributed by atoms with E-state index in [-0.39, 0.29) is 23.5 Å². The van der Waals surface area contributed by atoms with E-state index in [2.05, 4.69) is 15.8 Å². The predicted octanol–water partition coefficient (Wildman–Crippen LogP) is 4.91. The molecule has 0 radical (unpaired) electrons. The largest absolute Gasteiger partial charge is 0.484 e. The van der Waals surface area contributed by atoms with Gasteiger partial charge in [-0.25, -0.2) is 13.8 Å². The standard InChI is InChI=1S/C33H34N4O5S/c1-24-18-25(2)20-29(19-24)37(43(40,41)31-12-8-5-9-13-31)22-32(38)36-34-21-27-14-16-30(17-15-27)42-23-33(39)35-26(3)28-10-6-4-7-11-28/h4-21,26H,22-23H2,1-3H3,(H,35,39)(H,36,38)/b34-21-/t26-/m0/s1. The molecule has 4 aromatic rings. The molecule has 0 aliphatic heterocycles. The quantitative estimate of drug-likeness (QED) is 0.178. The number of carbonyl (C=O) groups is 2. The summed E-state index contributed by atoms with van der Waals surface area (Å²) in [5, 5.41) is 6.89. The average Bonchev–Trinajstić information content (AvgIpc) is 2.99. The molecule has 2 amide bonds. The van der Waals surface area contributed by atoms with Crippen molar-refractivity contribution in [3.8, 4) is 5.75 Å². The zero-order chi connectivity index (χ0) is 30.8. The average molecular weight is 599 g/mol. The van der Waals surface area contributed by atoms with Crippen molar-refractivity contribution in [1.29, 1.82) is 0 Å². The molecule has 1 atom stereocenters. The summed E-state index contributed by atoms with van der Waals surface area (Å²) in [5.74, 6) is -0.349. The normalized spacial score (nSPS) is 12.0. The summed E-state index contributed by atoms with van der Waals surface area (Å²) in [4.78, 5) is 25.2. The van der Waals surface area contributed by atoms with Gasteiger partial charge in [0.05, 0.1) is 22.8 Å². The molecule has 43 heavy (non-hydrogen) atoms. The molecule has 0 bridgehead atoms. The van der Waals surface area contributed by atoms with E-state index in [1.54, 1.807) is 54.6 Å². The van der Waals surface area contributed by atoms with Crippen molar-refractivity contribution >= 4 is 33.7 Å². The third-order valence-corrected chi connectivity index (χ3v) is 8.23. The molecule has 0 heterocycles. The van der Waals surface area contributed by atoms with Gasteiger partial charge in [0, 0.05) is 0 Å². The maximum Gasteiger partial charge on any atom is 0.264 e. The van der Waals surface area contributed by atoms with Crippen LogP contribution in [0.15, 0.2) is 113 Å². The second-order valence-corrected chi connectivity index (χ2v) is 11.9. The number of nitrogens with one attached hydrogen (secondary N) is 2. The van der Waals surface area contributed by atoms with Crippen LogP contribution in [0, 0.1) is 13.8 Å². The molecule has 0 aliphatic carbocycles. The van der Waals surface area contributed by atoms with Crippen molar-refractivity contribution in [2.45, 2.75) is 31.7 Å². The van der Waals surface area contributed by atoms with Crippen LogP contribution in [0.5, 0.6) is 5.75 Å². The lowest BCUT2D eigenvalue weighted by Crippen LogP contribution is -2.39. The van der Waals surface area contributed by atoms with Crippen LogP contribution in [-0.4, -0.2) is 39.6 Å². The summed E-state index contributed by atoms with van der Waals surface area (Å²) in [6.45, 7) is 5.04. The molecule has 0 saturated carbocycles. The Morgan fingerprint density at radius 3 is 2.09 bits per heavy atom. The molecule has 0 spiro atoms. The predicted molar refractivity (Wildman–Crippen MR) is 168 cm³/mol. The fourth-order valence-corrected chi connectivity index (χ4v) is 5.81. The molecular weight excluding hydrogens is 564 g/mol. The molecule has 222 valence electrons. The van der Waals surface area contributed by atoms with Gasteiger partial charge in [-0.15, -0.1) is 0 Å². The molecule has 0 aromatic heterocycles. The highest BCUT2D eigenvalue weighted by molar-refractivity contribution is 7.92. The zero-order valence-electron chi connectivity index (χ0n) is 24.2. The number of benzene rings is 4. The van der Waals surface area contributed by atoms with Crippen LogP contribution in [0.1, 0.15) is 35.2 Å². The van der Waals surface area contributed by atoms with Crippen molar-refractivity contribution in [2.24, 2.45) is 5.10 Å². The van der Waals surface area contributed by atoms with Crippen LogP contribution in [0.3, 0.4) is 0 Å². The Hall–Kier alpha value is -4.96. The number of aryl methyl sites for hydroxylation is 2. The maximum absolute atomic E-state index is 13.5. The Bertz CT molecular complexity index is 1660. The third-order valence-electron chi connectivity index (χ3n) is 6.44. The van der Waals surface area contributed by atoms with Gasteiger partial charge in [0.2, 0.25) is 0 Å². The highest BCUT2D eigenvalue weighted by atomic mass is 32.2. The van der Waals surface area contributed by atoms with Crippen LogP contribution in [0.25, 0.3) is 0 Å². The van der Waals surface area contributed by atoms with Crippen LogP contribution in [0.4, 0.5) is 5.69 Å². The van der Waals surface area contributed by atoms with E-state index in [1.807, 2.05) is 57.2 Å². The Labute approximate surface area is 252 Å². The van der Waals surface area contributed by atoms with E-state index in [9.17, 15) is 18.0 Å². The van der Waals surface area contributed by atoms with E-state index in [0.29, 0.717) is 17.0 Å². The highest BCUT2D eigenvalue weighted by Crippen LogP contribution is 2.25. The van der Waals surface area contributed by atoms with E-state index >= 15 is 0 Å². The first kappa shape index (κ1) is 31.0. The SMILES string of the molecule is Cc1cc(C)cc(N(CC(=O)N/N=C\c2ccc(OCC(=O)N[C@@H](C)c3ccccc3)cc2)S(=O)(=O)c2ccccc2)c1. The lowest BCUT2D eigenvalue weighted by atomic mass is 10.1. The number of sulfonamides is 1. The topological polar surface area (TPSA) is 117 Å². The molecule has 9 nitrogen and oxygen atoms in total. The second kappa shape index (κ2) is 14.3. The lowest BCUT2D eigenvalue weighted by Gasteiger charge is -2.24. The van der Waals surface area contributed by atoms with Crippen molar-refractivity contribution in [1.82, 2.24) is 10.7 Å². The van der Waals surface area contributed by atoms with Crippen molar-refractivity contribution in [3.63, 3.8) is 0 Å². The van der Waals surface area contributed by atoms with Crippen LogP contribution in [-0.2, 0) is 19.6 Å². The van der Waals surface area contributed by atoms with Crippen LogP contribution in [0.2, 0.25) is 0 Å². The first-order chi connectivity index (χ1) is 20.6. The van der Waals surface area contributed by atoms with Crippen molar-refractivity contribution in [3.05, 3.63) is 125 Å². The summed E-state index contributed by atoms with van der Waals surface area (Å²) >= 11 is 0. The van der Waals surface area contributed by atoms with Gasteiger partial charge in [-0.2, -0.15) is 5.10 Å². The molecule has 2 N–H and O–H groups in total. The molecule has 4 rings (SSSR count). The summed E-state index contributed by atoms with van der Waals surface area (Å²) in [6.07, 6.45) is 1.43. The fraction of sp³-hybridized carbons (Fsp3) is 0.182. The van der Waals surface area contributed by atoms with Gasteiger partial charge in [0.1, 0.15) is 12.3 Å². The van der Waals surface area contributed by atoms with E-state index < -0.39 is 22.5 Å². The van der Waals surface area contributed by atoms with E-state index in [4.69, 9.17) is 4.74 Å². The monoisotopic (exact) mass is 598 g/mol. The third kappa shape index (κ3) is 8.76. The lowest BCUT2D eigenvalue weighted by molar-refractivity contribution is -0.123. The summed E-state index contributed by atoms with van der Waals surface area (Å²) in [5.41, 5.74) is 6.21. The summed E-state index contributed by atoms with van der Waals surface area (Å²) in [7, 11) is -4.02. The molecular formula is C33H34N4O5S. The highest BCUT2D eigenvalue weighted by Gasteiger charge is 2.27. The Kier molecular flexibility index (Phi) is 10.3. The van der Waals surface area contributed by atoms with Gasteiger partial charge in [0.15, 0.2) is 6.61 Å². The molecule has 4 aromatic carbocycles. The van der Waals surface area contributed by atoms with Gasteiger partial charge >= 0.3 is 0 Å². The number of hydrazone groups is 1. The number of anilines is 1. The van der Waals surface area contributed by atoms with Crippen molar-refractivity contribution < 1.29 is 22.7 Å². The first-order valence-corrected chi connectivity index (χ1v) is 15.1. The minimum Gasteiger partial charge on any atom is -0.484 e. The molecule has 0 aliphatic rings. The van der Waals surface area contributed by atoms with Crippen LogP contribution >= 0.6 is 0 Å². The second-order valence-electron chi connectivity index (χ2n) is 10.0. The van der Waals surface area contributed by atoms with Crippen molar-refractivity contribution in [2.75, 3.05) is 17.5 Å². The Balaban J connectivity index is 1.34. The molecule has 0 fully saturated rings. The number of carbonyl (C=O) groups excluding carboxylic acids is 2. The Morgan fingerprint density at radius 1 is 0.860 bits per heavy atom. The maximum atomic E-state index is 13.5. The van der Waals surface area contributed by atoms with Gasteiger partial charge < -0.3 is 10.1 Å². The number of amides is 2. The number of hydrogen-bond acceptors (Lipinski definition) is 6. The van der Waals surface area contributed by atoms with E-state index in [0.717, 1.165) is 21.0 Å². The smallest absolute Gasteiger partial charge is 0.264 e. The summed E-state index contributed by atoms with van der Waals surface area (Å²) < 4.78 is 33.7. The number of rotatable bonds is 12. The van der Waals surface area contributed by atoms with Crippen LogP contribution < -0.4 is 19.8 Å². The first-order valence-electron chi connectivity index (χ1n) is 13.7. The molecule has 0 unspecified atom stereocenters. The number of ether oxygens (including phenoxy) is 1.